The fourth-order valence-corrected chi connectivity index (χ4v) is 4.90. The molecule has 0 aliphatic heterocycles. The molecule has 7 heteroatoms. The van der Waals surface area contributed by atoms with Crippen molar-refractivity contribution in [2.24, 2.45) is 0 Å². The number of amides is 1. The summed E-state index contributed by atoms with van der Waals surface area (Å²) in [6.45, 7) is 2.02. The van der Waals surface area contributed by atoms with E-state index >= 15 is 0 Å². The summed E-state index contributed by atoms with van der Waals surface area (Å²) >= 11 is 0. The van der Waals surface area contributed by atoms with Gasteiger partial charge >= 0.3 is 0 Å². The van der Waals surface area contributed by atoms with Gasteiger partial charge in [-0.15, -0.1) is 0 Å². The third kappa shape index (κ3) is 5.81. The molecular formula is C27H26N2O4S. The number of fused-ring (bicyclic) bond motifs is 1. The van der Waals surface area contributed by atoms with Gasteiger partial charge in [-0.3, -0.25) is 4.79 Å². The van der Waals surface area contributed by atoms with E-state index in [1.165, 1.54) is 12.1 Å². The molecule has 4 rings (SSSR count). The van der Waals surface area contributed by atoms with Crippen molar-refractivity contribution < 1.29 is 17.9 Å². The molecule has 0 aliphatic rings. The zero-order valence-electron chi connectivity index (χ0n) is 18.8. The summed E-state index contributed by atoms with van der Waals surface area (Å²) in [6.07, 6.45) is 0. The number of carbonyl (C=O) groups is 1. The average Bonchev–Trinajstić information content (AvgIpc) is 2.86. The molecule has 0 radical (unpaired) electrons. The standard InChI is InChI=1S/C27H26N2O4S/c1-20(21-8-3-2-4-9-21)29-34(31,32)25-16-14-24(15-17-25)33-19-27(30)28-18-23-12-7-11-22-10-5-6-13-26(22)23/h2-17,20,29H,18-19H2,1H3,(H,28,30)/t20-/m1/s1. The molecule has 0 saturated heterocycles. The quantitative estimate of drug-likeness (QED) is 0.372. The Morgan fingerprint density at radius 1 is 0.853 bits per heavy atom. The second-order valence-corrected chi connectivity index (χ2v) is 9.64. The van der Waals surface area contributed by atoms with Gasteiger partial charge in [-0.05, 0) is 53.1 Å². The molecular weight excluding hydrogens is 448 g/mol. The van der Waals surface area contributed by atoms with Crippen molar-refractivity contribution in [3.63, 3.8) is 0 Å². The topological polar surface area (TPSA) is 84.5 Å². The van der Waals surface area contributed by atoms with E-state index < -0.39 is 10.0 Å². The van der Waals surface area contributed by atoms with Crippen molar-refractivity contribution >= 4 is 26.7 Å². The van der Waals surface area contributed by atoms with Crippen molar-refractivity contribution in [1.82, 2.24) is 10.0 Å². The van der Waals surface area contributed by atoms with E-state index in [0.29, 0.717) is 12.3 Å². The first-order valence-electron chi connectivity index (χ1n) is 11.0. The Bertz CT molecular complexity index is 1370. The molecule has 1 amide bonds. The maximum absolute atomic E-state index is 12.7. The number of ether oxygens (including phenoxy) is 1. The highest BCUT2D eigenvalue weighted by atomic mass is 32.2. The molecule has 0 bridgehead atoms. The van der Waals surface area contributed by atoms with Crippen molar-refractivity contribution in [2.75, 3.05) is 6.61 Å². The van der Waals surface area contributed by atoms with Crippen LogP contribution in [0, 0.1) is 0 Å². The SMILES string of the molecule is C[C@@H](NS(=O)(=O)c1ccc(OCC(=O)NCc2cccc3ccccc23)cc1)c1ccccc1. The minimum atomic E-state index is -3.70. The molecule has 0 aliphatic carbocycles. The fourth-order valence-electron chi connectivity index (χ4n) is 3.67. The second-order valence-electron chi connectivity index (χ2n) is 7.93. The van der Waals surface area contributed by atoms with Gasteiger partial charge in [-0.2, -0.15) is 0 Å². The maximum atomic E-state index is 12.7. The summed E-state index contributed by atoms with van der Waals surface area (Å²) in [7, 11) is -3.70. The predicted octanol–water partition coefficient (Wildman–Crippen LogP) is 4.57. The number of hydrogen-bond donors (Lipinski definition) is 2. The zero-order valence-corrected chi connectivity index (χ0v) is 19.6. The van der Waals surface area contributed by atoms with Crippen LogP contribution in [0.2, 0.25) is 0 Å². The van der Waals surface area contributed by atoms with Gasteiger partial charge in [0.15, 0.2) is 6.61 Å². The molecule has 0 spiro atoms. The van der Waals surface area contributed by atoms with Crippen LogP contribution in [0.3, 0.4) is 0 Å². The molecule has 2 N–H and O–H groups in total. The zero-order chi connectivity index (χ0) is 24.0. The van der Waals surface area contributed by atoms with Gasteiger partial charge in [0, 0.05) is 12.6 Å². The smallest absolute Gasteiger partial charge is 0.258 e. The normalized spacial score (nSPS) is 12.3. The average molecular weight is 475 g/mol. The third-order valence-corrected chi connectivity index (χ3v) is 7.05. The molecule has 34 heavy (non-hydrogen) atoms. The van der Waals surface area contributed by atoms with Gasteiger partial charge in [0.2, 0.25) is 10.0 Å². The van der Waals surface area contributed by atoms with Crippen molar-refractivity contribution in [3.8, 4) is 5.75 Å². The fraction of sp³-hybridized carbons (Fsp3) is 0.148. The van der Waals surface area contributed by atoms with Gasteiger partial charge in [0.1, 0.15) is 5.75 Å². The number of hydrogen-bond acceptors (Lipinski definition) is 4. The summed E-state index contributed by atoms with van der Waals surface area (Å²) < 4.78 is 33.6. The second kappa shape index (κ2) is 10.5. The van der Waals surface area contributed by atoms with Gasteiger partial charge in [-0.25, -0.2) is 13.1 Å². The summed E-state index contributed by atoms with van der Waals surface area (Å²) in [5, 5.41) is 5.08. The molecule has 0 aromatic heterocycles. The van der Waals surface area contributed by atoms with Gasteiger partial charge < -0.3 is 10.1 Å². The highest BCUT2D eigenvalue weighted by Crippen LogP contribution is 2.20. The Morgan fingerprint density at radius 3 is 2.29 bits per heavy atom. The Kier molecular flexibility index (Phi) is 7.25. The predicted molar refractivity (Wildman–Crippen MR) is 133 cm³/mol. The summed E-state index contributed by atoms with van der Waals surface area (Å²) in [5.41, 5.74) is 1.90. The van der Waals surface area contributed by atoms with E-state index in [-0.39, 0.29) is 23.5 Å². The van der Waals surface area contributed by atoms with E-state index in [1.54, 1.807) is 19.1 Å². The Hall–Kier alpha value is -3.68. The lowest BCUT2D eigenvalue weighted by Gasteiger charge is -2.15. The molecule has 0 saturated carbocycles. The van der Waals surface area contributed by atoms with Crippen LogP contribution in [0.25, 0.3) is 10.8 Å². The number of nitrogens with one attached hydrogen (secondary N) is 2. The first kappa shape index (κ1) is 23.5. The summed E-state index contributed by atoms with van der Waals surface area (Å²) in [5.74, 6) is 0.151. The number of rotatable bonds is 9. The molecule has 4 aromatic rings. The lowest BCUT2D eigenvalue weighted by atomic mass is 10.0. The van der Waals surface area contributed by atoms with Gasteiger partial charge in [0.05, 0.1) is 4.90 Å². The van der Waals surface area contributed by atoms with Crippen LogP contribution in [0.1, 0.15) is 24.1 Å². The minimum Gasteiger partial charge on any atom is -0.484 e. The minimum absolute atomic E-state index is 0.128. The Balaban J connectivity index is 1.30. The number of benzene rings is 4. The van der Waals surface area contributed by atoms with E-state index in [1.807, 2.05) is 72.8 Å². The molecule has 0 unspecified atom stereocenters. The van der Waals surface area contributed by atoms with Crippen LogP contribution in [0.5, 0.6) is 5.75 Å². The first-order chi connectivity index (χ1) is 16.4. The van der Waals surface area contributed by atoms with Crippen LogP contribution < -0.4 is 14.8 Å². The van der Waals surface area contributed by atoms with Gasteiger partial charge in [0.25, 0.3) is 5.91 Å². The van der Waals surface area contributed by atoms with Crippen LogP contribution >= 0.6 is 0 Å². The van der Waals surface area contributed by atoms with Crippen molar-refractivity contribution in [2.45, 2.75) is 24.4 Å². The number of sulfonamides is 1. The van der Waals surface area contributed by atoms with E-state index in [9.17, 15) is 13.2 Å². The van der Waals surface area contributed by atoms with Crippen LogP contribution in [0.15, 0.2) is 102 Å². The van der Waals surface area contributed by atoms with Crippen LogP contribution in [0.4, 0.5) is 0 Å². The molecule has 6 nitrogen and oxygen atoms in total. The van der Waals surface area contributed by atoms with Crippen molar-refractivity contribution in [1.29, 1.82) is 0 Å². The first-order valence-corrected chi connectivity index (χ1v) is 12.4. The highest BCUT2D eigenvalue weighted by Gasteiger charge is 2.18. The number of carbonyl (C=O) groups excluding carboxylic acids is 1. The monoisotopic (exact) mass is 474 g/mol. The lowest BCUT2D eigenvalue weighted by molar-refractivity contribution is -0.123. The van der Waals surface area contributed by atoms with Crippen LogP contribution in [-0.2, 0) is 21.4 Å². The van der Waals surface area contributed by atoms with E-state index in [4.69, 9.17) is 4.74 Å². The lowest BCUT2D eigenvalue weighted by Crippen LogP contribution is -2.28. The third-order valence-electron chi connectivity index (χ3n) is 5.49. The van der Waals surface area contributed by atoms with Gasteiger partial charge in [-0.1, -0.05) is 72.8 Å². The maximum Gasteiger partial charge on any atom is 0.258 e. The largest absolute Gasteiger partial charge is 0.484 e. The molecule has 174 valence electrons. The van der Waals surface area contributed by atoms with Crippen molar-refractivity contribution in [3.05, 3.63) is 108 Å². The highest BCUT2D eigenvalue weighted by molar-refractivity contribution is 7.89. The van der Waals surface area contributed by atoms with E-state index in [0.717, 1.165) is 21.9 Å². The van der Waals surface area contributed by atoms with Crippen LogP contribution in [-0.4, -0.2) is 20.9 Å². The molecule has 0 fully saturated rings. The summed E-state index contributed by atoms with van der Waals surface area (Å²) in [6, 6.07) is 29.0. The molecule has 1 atom stereocenters. The van der Waals surface area contributed by atoms with E-state index in [2.05, 4.69) is 10.0 Å². The summed E-state index contributed by atoms with van der Waals surface area (Å²) in [4.78, 5) is 12.4. The Labute approximate surface area is 199 Å². The molecule has 0 heterocycles. The molecule has 4 aromatic carbocycles. The Morgan fingerprint density at radius 2 is 1.53 bits per heavy atom.